The standard InChI is InChI=1S/C14H13ClF3NO/c1-13(2,20-3)10-7-11(15)19-12-8(10)5-4-6-9(12)14(16,17)18/h4-7H,1-3H3. The van der Waals surface area contributed by atoms with Gasteiger partial charge in [-0.25, -0.2) is 4.98 Å². The molecule has 0 saturated carbocycles. The Hall–Kier alpha value is -1.33. The molecule has 2 nitrogen and oxygen atoms in total. The zero-order valence-corrected chi connectivity index (χ0v) is 11.9. The summed E-state index contributed by atoms with van der Waals surface area (Å²) in [5.41, 5.74) is -1.16. The number of nitrogens with zero attached hydrogens (tertiary/aromatic N) is 1. The predicted molar refractivity (Wildman–Crippen MR) is 71.8 cm³/mol. The first-order valence-corrected chi connectivity index (χ1v) is 6.26. The van der Waals surface area contributed by atoms with Gasteiger partial charge < -0.3 is 4.74 Å². The number of rotatable bonds is 2. The van der Waals surface area contributed by atoms with Gasteiger partial charge in [0.05, 0.1) is 16.7 Å². The average molecular weight is 304 g/mol. The molecule has 0 unspecified atom stereocenters. The third-order valence-corrected chi connectivity index (χ3v) is 3.47. The van der Waals surface area contributed by atoms with E-state index in [9.17, 15) is 13.2 Å². The lowest BCUT2D eigenvalue weighted by molar-refractivity contribution is -0.136. The molecule has 1 heterocycles. The molecular formula is C14H13ClF3NO. The first-order valence-electron chi connectivity index (χ1n) is 5.89. The fourth-order valence-corrected chi connectivity index (χ4v) is 2.25. The van der Waals surface area contributed by atoms with E-state index in [-0.39, 0.29) is 10.7 Å². The van der Waals surface area contributed by atoms with E-state index in [4.69, 9.17) is 16.3 Å². The predicted octanol–water partition coefficient (Wildman–Crippen LogP) is 4.79. The molecule has 0 bridgehead atoms. The van der Waals surface area contributed by atoms with E-state index in [1.165, 1.54) is 19.2 Å². The van der Waals surface area contributed by atoms with E-state index in [1.807, 2.05) is 0 Å². The van der Waals surface area contributed by atoms with Crippen LogP contribution in [0.25, 0.3) is 10.9 Å². The fraction of sp³-hybridized carbons (Fsp3) is 0.357. The van der Waals surface area contributed by atoms with Crippen molar-refractivity contribution < 1.29 is 17.9 Å². The maximum absolute atomic E-state index is 13.0. The third kappa shape index (κ3) is 2.60. The molecule has 0 saturated heterocycles. The van der Waals surface area contributed by atoms with Crippen molar-refractivity contribution >= 4 is 22.5 Å². The Morgan fingerprint density at radius 2 is 1.80 bits per heavy atom. The Balaban J connectivity index is 2.87. The lowest BCUT2D eigenvalue weighted by Crippen LogP contribution is -2.20. The number of pyridine rings is 1. The van der Waals surface area contributed by atoms with Crippen molar-refractivity contribution in [1.29, 1.82) is 0 Å². The van der Waals surface area contributed by atoms with Crippen LogP contribution in [0.15, 0.2) is 24.3 Å². The summed E-state index contributed by atoms with van der Waals surface area (Å²) in [4.78, 5) is 3.84. The Morgan fingerprint density at radius 3 is 2.35 bits per heavy atom. The van der Waals surface area contributed by atoms with Crippen LogP contribution < -0.4 is 0 Å². The van der Waals surface area contributed by atoms with Crippen LogP contribution in [-0.4, -0.2) is 12.1 Å². The van der Waals surface area contributed by atoms with Crippen LogP contribution in [0, 0.1) is 0 Å². The van der Waals surface area contributed by atoms with E-state index in [1.54, 1.807) is 19.9 Å². The van der Waals surface area contributed by atoms with Gasteiger partial charge in [-0.05, 0) is 31.5 Å². The highest BCUT2D eigenvalue weighted by molar-refractivity contribution is 6.30. The van der Waals surface area contributed by atoms with Gasteiger partial charge in [0, 0.05) is 12.5 Å². The minimum absolute atomic E-state index is 0.00863. The van der Waals surface area contributed by atoms with Crippen molar-refractivity contribution in [3.8, 4) is 0 Å². The number of hydrogen-bond acceptors (Lipinski definition) is 2. The average Bonchev–Trinajstić information content (AvgIpc) is 2.35. The number of hydrogen-bond donors (Lipinski definition) is 0. The van der Waals surface area contributed by atoms with Gasteiger partial charge in [-0.2, -0.15) is 13.2 Å². The Labute approximate surface area is 119 Å². The zero-order valence-electron chi connectivity index (χ0n) is 11.2. The highest BCUT2D eigenvalue weighted by Gasteiger charge is 2.34. The molecule has 20 heavy (non-hydrogen) atoms. The van der Waals surface area contributed by atoms with Gasteiger partial charge in [0.2, 0.25) is 0 Å². The summed E-state index contributed by atoms with van der Waals surface area (Å²) in [6.45, 7) is 3.52. The SMILES string of the molecule is COC(C)(C)c1cc(Cl)nc2c(C(F)(F)F)cccc12. The molecule has 0 N–H and O–H groups in total. The van der Waals surface area contributed by atoms with Crippen LogP contribution in [-0.2, 0) is 16.5 Å². The van der Waals surface area contributed by atoms with Crippen LogP contribution in [0.2, 0.25) is 5.15 Å². The van der Waals surface area contributed by atoms with Gasteiger partial charge in [-0.3, -0.25) is 0 Å². The second-order valence-electron chi connectivity index (χ2n) is 4.91. The van der Waals surface area contributed by atoms with E-state index < -0.39 is 17.3 Å². The smallest absolute Gasteiger partial charge is 0.374 e. The van der Waals surface area contributed by atoms with Gasteiger partial charge in [0.1, 0.15) is 5.15 Å². The molecule has 0 aliphatic heterocycles. The van der Waals surface area contributed by atoms with Crippen LogP contribution in [0.5, 0.6) is 0 Å². The number of aromatic nitrogens is 1. The van der Waals surface area contributed by atoms with Crippen molar-refractivity contribution in [2.45, 2.75) is 25.6 Å². The zero-order chi connectivity index (χ0) is 15.1. The molecule has 0 aliphatic rings. The summed E-state index contributed by atoms with van der Waals surface area (Å²) >= 11 is 5.87. The van der Waals surface area contributed by atoms with Crippen molar-refractivity contribution in [2.75, 3.05) is 7.11 Å². The second-order valence-corrected chi connectivity index (χ2v) is 5.29. The van der Waals surface area contributed by atoms with Crippen LogP contribution >= 0.6 is 11.6 Å². The lowest BCUT2D eigenvalue weighted by Gasteiger charge is -2.25. The van der Waals surface area contributed by atoms with Gasteiger partial charge >= 0.3 is 6.18 Å². The number of para-hydroxylation sites is 1. The first kappa shape index (κ1) is 15.1. The second kappa shape index (κ2) is 4.90. The lowest BCUT2D eigenvalue weighted by atomic mass is 9.93. The molecule has 0 aliphatic carbocycles. The topological polar surface area (TPSA) is 22.1 Å². The molecule has 0 fully saturated rings. The minimum atomic E-state index is -4.48. The monoisotopic (exact) mass is 303 g/mol. The number of ether oxygens (including phenoxy) is 1. The van der Waals surface area contributed by atoms with Gasteiger partial charge in [0.15, 0.2) is 0 Å². The number of alkyl halides is 3. The Bertz CT molecular complexity index is 653. The summed E-state index contributed by atoms with van der Waals surface area (Å²) in [6.07, 6.45) is -4.48. The Morgan fingerprint density at radius 1 is 1.15 bits per heavy atom. The first-order chi connectivity index (χ1) is 9.16. The fourth-order valence-electron chi connectivity index (χ4n) is 2.05. The van der Waals surface area contributed by atoms with Gasteiger partial charge in [-0.15, -0.1) is 0 Å². The number of methoxy groups -OCH3 is 1. The Kier molecular flexibility index (Phi) is 3.69. The molecule has 0 atom stereocenters. The van der Waals surface area contributed by atoms with E-state index in [2.05, 4.69) is 4.98 Å². The molecule has 2 rings (SSSR count). The molecular weight excluding hydrogens is 291 g/mol. The number of fused-ring (bicyclic) bond motifs is 1. The van der Waals surface area contributed by atoms with E-state index in [0.29, 0.717) is 10.9 Å². The highest BCUT2D eigenvalue weighted by atomic mass is 35.5. The van der Waals surface area contributed by atoms with E-state index >= 15 is 0 Å². The summed E-state index contributed by atoms with van der Waals surface area (Å²) in [7, 11) is 1.49. The van der Waals surface area contributed by atoms with Crippen molar-refractivity contribution in [3.63, 3.8) is 0 Å². The summed E-state index contributed by atoms with van der Waals surface area (Å²) < 4.78 is 44.5. The molecule has 1 aromatic carbocycles. The van der Waals surface area contributed by atoms with Crippen molar-refractivity contribution in [3.05, 3.63) is 40.5 Å². The summed E-state index contributed by atoms with van der Waals surface area (Å²) in [6, 6.07) is 5.47. The van der Waals surface area contributed by atoms with Crippen molar-refractivity contribution in [1.82, 2.24) is 4.98 Å². The molecule has 0 spiro atoms. The summed E-state index contributed by atoms with van der Waals surface area (Å²) in [5, 5.41) is 0.394. The van der Waals surface area contributed by atoms with Crippen LogP contribution in [0.3, 0.4) is 0 Å². The maximum atomic E-state index is 13.0. The summed E-state index contributed by atoms with van der Waals surface area (Å²) in [5.74, 6) is 0. The molecule has 0 amide bonds. The quantitative estimate of drug-likeness (QED) is 0.744. The molecule has 108 valence electrons. The molecule has 6 heteroatoms. The van der Waals surface area contributed by atoms with Crippen molar-refractivity contribution in [2.24, 2.45) is 0 Å². The number of halogens is 4. The highest BCUT2D eigenvalue weighted by Crippen LogP contribution is 2.38. The van der Waals surface area contributed by atoms with Gasteiger partial charge in [0.25, 0.3) is 0 Å². The number of benzene rings is 1. The van der Waals surface area contributed by atoms with Gasteiger partial charge in [-0.1, -0.05) is 23.7 Å². The van der Waals surface area contributed by atoms with E-state index in [0.717, 1.165) is 6.07 Å². The normalized spacial score (nSPS) is 12.9. The molecule has 2 aromatic rings. The third-order valence-electron chi connectivity index (χ3n) is 3.27. The maximum Gasteiger partial charge on any atom is 0.418 e. The molecule has 1 aromatic heterocycles. The minimum Gasteiger partial charge on any atom is -0.374 e. The molecule has 0 radical (unpaired) electrons. The largest absolute Gasteiger partial charge is 0.418 e. The van der Waals surface area contributed by atoms with Crippen LogP contribution in [0.1, 0.15) is 25.0 Å². The van der Waals surface area contributed by atoms with Crippen LogP contribution in [0.4, 0.5) is 13.2 Å².